The van der Waals surface area contributed by atoms with Gasteiger partial charge in [0.05, 0.1) is 6.61 Å². The molecule has 144 valence electrons. The van der Waals surface area contributed by atoms with Crippen LogP contribution in [-0.4, -0.2) is 73.2 Å². The van der Waals surface area contributed by atoms with Crippen LogP contribution in [-0.2, 0) is 16.1 Å². The van der Waals surface area contributed by atoms with E-state index in [1.54, 1.807) is 0 Å². The summed E-state index contributed by atoms with van der Waals surface area (Å²) < 4.78 is 0. The number of nitrogens with zero attached hydrogens (tertiary/aromatic N) is 3. The summed E-state index contributed by atoms with van der Waals surface area (Å²) in [6.45, 7) is 5.29. The molecule has 0 bridgehead atoms. The van der Waals surface area contributed by atoms with E-state index in [4.69, 9.17) is 4.84 Å². The lowest BCUT2D eigenvalue weighted by molar-refractivity contribution is -0.182. The number of hydrogen-bond donors (Lipinski definition) is 0. The molecule has 5 heteroatoms. The number of likely N-dealkylation sites (N-methyl/N-ethyl adjacent to an activating group) is 1. The maximum Gasteiger partial charge on any atom is 0.224 e. The van der Waals surface area contributed by atoms with E-state index < -0.39 is 0 Å². The van der Waals surface area contributed by atoms with Crippen molar-refractivity contribution in [1.29, 1.82) is 0 Å². The Bertz CT molecular complexity index is 545. The summed E-state index contributed by atoms with van der Waals surface area (Å²) in [5.74, 6) is 0.278. The minimum absolute atomic E-state index is 0.278. The molecule has 2 heterocycles. The van der Waals surface area contributed by atoms with E-state index in [9.17, 15) is 4.79 Å². The van der Waals surface area contributed by atoms with Crippen LogP contribution < -0.4 is 0 Å². The Morgan fingerprint density at radius 2 is 2.04 bits per heavy atom. The first-order valence-electron chi connectivity index (χ1n) is 10.1. The molecule has 2 fully saturated rings. The number of carbonyl (C=O) groups excluding carboxylic acids is 1. The Hall–Kier alpha value is -1.43. The van der Waals surface area contributed by atoms with Crippen LogP contribution in [0.4, 0.5) is 0 Å². The van der Waals surface area contributed by atoms with Gasteiger partial charge in [-0.05, 0) is 44.7 Å². The van der Waals surface area contributed by atoms with Crippen LogP contribution in [0.1, 0.15) is 37.7 Å². The molecule has 1 aromatic rings. The predicted molar refractivity (Wildman–Crippen MR) is 104 cm³/mol. The first-order valence-corrected chi connectivity index (χ1v) is 10.1. The highest BCUT2D eigenvalue weighted by Crippen LogP contribution is 2.17. The summed E-state index contributed by atoms with van der Waals surface area (Å²) in [7, 11) is 2.20. The lowest BCUT2D eigenvalue weighted by atomic mass is 10.0. The summed E-state index contributed by atoms with van der Waals surface area (Å²) in [5, 5.41) is 1.97. The molecular weight excluding hydrogens is 326 g/mol. The van der Waals surface area contributed by atoms with Gasteiger partial charge in [0.2, 0.25) is 5.91 Å². The highest BCUT2D eigenvalue weighted by atomic mass is 16.7. The van der Waals surface area contributed by atoms with Crippen LogP contribution in [0.15, 0.2) is 30.3 Å². The molecule has 0 saturated carbocycles. The quantitative estimate of drug-likeness (QED) is 0.750. The molecule has 26 heavy (non-hydrogen) atoms. The minimum atomic E-state index is 0.278. The highest BCUT2D eigenvalue weighted by molar-refractivity contribution is 5.76. The number of carbonyl (C=O) groups is 1. The summed E-state index contributed by atoms with van der Waals surface area (Å²) in [6.07, 6.45) is 6.23. The van der Waals surface area contributed by atoms with Crippen molar-refractivity contribution in [2.75, 3.05) is 46.4 Å². The largest absolute Gasteiger partial charge is 0.341 e. The zero-order valence-corrected chi connectivity index (χ0v) is 16.1. The van der Waals surface area contributed by atoms with E-state index in [-0.39, 0.29) is 5.91 Å². The third kappa shape index (κ3) is 5.79. The molecule has 1 aromatic carbocycles. The lowest BCUT2D eigenvalue weighted by Crippen LogP contribution is -2.49. The monoisotopic (exact) mass is 359 g/mol. The van der Waals surface area contributed by atoms with Crippen molar-refractivity contribution in [2.24, 2.45) is 0 Å². The van der Waals surface area contributed by atoms with Crippen LogP contribution in [0.25, 0.3) is 0 Å². The first-order chi connectivity index (χ1) is 12.7. The fourth-order valence-corrected chi connectivity index (χ4v) is 3.88. The van der Waals surface area contributed by atoms with E-state index in [0.29, 0.717) is 12.5 Å². The van der Waals surface area contributed by atoms with Gasteiger partial charge in [0.1, 0.15) is 0 Å². The molecule has 0 aliphatic carbocycles. The number of amides is 1. The molecule has 0 spiro atoms. The molecule has 0 N–H and O–H groups in total. The Balaban J connectivity index is 1.41. The Labute approximate surface area is 157 Å². The van der Waals surface area contributed by atoms with Crippen LogP contribution in [0.2, 0.25) is 0 Å². The van der Waals surface area contributed by atoms with Crippen LogP contribution in [0.3, 0.4) is 0 Å². The van der Waals surface area contributed by atoms with Gasteiger partial charge in [-0.1, -0.05) is 30.3 Å². The van der Waals surface area contributed by atoms with E-state index in [1.807, 2.05) is 5.06 Å². The third-order valence-corrected chi connectivity index (χ3v) is 5.62. The van der Waals surface area contributed by atoms with E-state index in [0.717, 1.165) is 58.6 Å². The molecule has 5 nitrogen and oxygen atoms in total. The predicted octanol–water partition coefficient (Wildman–Crippen LogP) is 2.57. The summed E-state index contributed by atoms with van der Waals surface area (Å²) in [5.41, 5.74) is 1.38. The molecule has 2 aliphatic heterocycles. The number of hydrogen-bond acceptors (Lipinski definition) is 4. The van der Waals surface area contributed by atoms with E-state index in [1.165, 1.54) is 18.4 Å². The van der Waals surface area contributed by atoms with Gasteiger partial charge in [0.15, 0.2) is 0 Å². The van der Waals surface area contributed by atoms with Gasteiger partial charge in [0, 0.05) is 45.2 Å². The molecular formula is C21H33N3O2. The van der Waals surface area contributed by atoms with Crippen molar-refractivity contribution in [3.63, 3.8) is 0 Å². The average Bonchev–Trinajstić information content (AvgIpc) is 2.72. The zero-order valence-electron chi connectivity index (χ0n) is 16.1. The molecule has 2 aliphatic rings. The number of hydroxylamine groups is 2. The number of rotatable bonds is 7. The van der Waals surface area contributed by atoms with Crippen molar-refractivity contribution in [3.8, 4) is 0 Å². The van der Waals surface area contributed by atoms with Crippen LogP contribution >= 0.6 is 0 Å². The van der Waals surface area contributed by atoms with Gasteiger partial charge < -0.3 is 9.80 Å². The van der Waals surface area contributed by atoms with Gasteiger partial charge in [-0.25, -0.2) is 0 Å². The Morgan fingerprint density at radius 1 is 1.19 bits per heavy atom. The van der Waals surface area contributed by atoms with Crippen LogP contribution in [0, 0.1) is 0 Å². The second-order valence-electron chi connectivity index (χ2n) is 7.57. The van der Waals surface area contributed by atoms with Gasteiger partial charge in [-0.15, -0.1) is 0 Å². The minimum Gasteiger partial charge on any atom is -0.341 e. The van der Waals surface area contributed by atoms with Crippen molar-refractivity contribution in [1.82, 2.24) is 14.9 Å². The summed E-state index contributed by atoms with van der Waals surface area (Å²) >= 11 is 0. The van der Waals surface area contributed by atoms with Gasteiger partial charge in [0.25, 0.3) is 0 Å². The van der Waals surface area contributed by atoms with Gasteiger partial charge in [-0.3, -0.25) is 9.63 Å². The molecule has 1 atom stereocenters. The van der Waals surface area contributed by atoms with Crippen molar-refractivity contribution < 1.29 is 9.63 Å². The standard InChI is InChI=1S/C21H33N3O2/c1-22(15-11-19-8-3-2-4-9-19)20-10-7-13-23(18-20)21(25)12-16-24-14-5-6-17-26-24/h2-4,8-9,20H,5-7,10-18H2,1H3/t20-/m1/s1. The number of benzene rings is 1. The molecule has 1 amide bonds. The maximum absolute atomic E-state index is 12.6. The Morgan fingerprint density at radius 3 is 2.81 bits per heavy atom. The SMILES string of the molecule is CN(CCc1ccccc1)[C@@H]1CCCN(C(=O)CCN2CCCCO2)C1. The Kier molecular flexibility index (Phi) is 7.47. The normalized spacial score (nSPS) is 21.9. The zero-order chi connectivity index (χ0) is 18.2. The molecule has 0 radical (unpaired) electrons. The topological polar surface area (TPSA) is 36.0 Å². The second-order valence-corrected chi connectivity index (χ2v) is 7.57. The molecule has 3 rings (SSSR count). The number of likely N-dealkylation sites (tertiary alicyclic amines) is 1. The lowest BCUT2D eigenvalue weighted by Gasteiger charge is -2.38. The molecule has 0 unspecified atom stereocenters. The number of piperidine rings is 1. The average molecular weight is 360 g/mol. The molecule has 2 saturated heterocycles. The second kappa shape index (κ2) is 10.0. The first kappa shape index (κ1) is 19.3. The van der Waals surface area contributed by atoms with Crippen molar-refractivity contribution >= 4 is 5.91 Å². The van der Waals surface area contributed by atoms with Crippen molar-refractivity contribution in [3.05, 3.63) is 35.9 Å². The van der Waals surface area contributed by atoms with Crippen LogP contribution in [0.5, 0.6) is 0 Å². The highest BCUT2D eigenvalue weighted by Gasteiger charge is 2.26. The maximum atomic E-state index is 12.6. The van der Waals surface area contributed by atoms with E-state index >= 15 is 0 Å². The third-order valence-electron chi connectivity index (χ3n) is 5.62. The fraction of sp³-hybridized carbons (Fsp3) is 0.667. The van der Waals surface area contributed by atoms with E-state index in [2.05, 4.69) is 47.2 Å². The molecule has 0 aromatic heterocycles. The van der Waals surface area contributed by atoms with Crippen molar-refractivity contribution in [2.45, 2.75) is 44.6 Å². The summed E-state index contributed by atoms with van der Waals surface area (Å²) in [4.78, 5) is 22.7. The van der Waals surface area contributed by atoms with Gasteiger partial charge in [-0.2, -0.15) is 5.06 Å². The summed E-state index contributed by atoms with van der Waals surface area (Å²) in [6, 6.07) is 11.1. The fourth-order valence-electron chi connectivity index (χ4n) is 3.88. The van der Waals surface area contributed by atoms with Gasteiger partial charge >= 0.3 is 0 Å². The smallest absolute Gasteiger partial charge is 0.224 e.